The van der Waals surface area contributed by atoms with Crippen molar-refractivity contribution < 1.29 is 27.4 Å². The maximum atomic E-state index is 10.7. The molecule has 7 nitrogen and oxygen atoms in total. The van der Waals surface area contributed by atoms with Gasteiger partial charge in [-0.15, -0.1) is 0 Å². The molecule has 0 aromatic heterocycles. The third-order valence-electron chi connectivity index (χ3n) is 1.30. The van der Waals surface area contributed by atoms with Gasteiger partial charge in [0.25, 0.3) is 0 Å². The van der Waals surface area contributed by atoms with Crippen LogP contribution in [0, 0.1) is 0 Å². The standard InChI is InChI=1S/C7H14ClNO6S/c1-13-5-6-14-3-2-4-15-7(10)9-16(8,11)12/h2-6H2,1H3,(H,9,10). The van der Waals surface area contributed by atoms with Crippen molar-refractivity contribution in [3.05, 3.63) is 0 Å². The van der Waals surface area contributed by atoms with E-state index >= 15 is 0 Å². The lowest BCUT2D eigenvalue weighted by Crippen LogP contribution is -2.27. The molecule has 0 spiro atoms. The van der Waals surface area contributed by atoms with Gasteiger partial charge in [0.1, 0.15) is 0 Å². The molecule has 0 heterocycles. The molecule has 0 fully saturated rings. The normalized spacial score (nSPS) is 11.1. The molecule has 16 heavy (non-hydrogen) atoms. The molecular formula is C7H14ClNO6S. The van der Waals surface area contributed by atoms with E-state index in [0.717, 1.165) is 0 Å². The predicted molar refractivity (Wildman–Crippen MR) is 56.6 cm³/mol. The minimum absolute atomic E-state index is 0.0468. The third kappa shape index (κ3) is 11.5. The summed E-state index contributed by atoms with van der Waals surface area (Å²) < 4.78 is 36.5. The van der Waals surface area contributed by atoms with Gasteiger partial charge in [0.15, 0.2) is 0 Å². The minimum Gasteiger partial charge on any atom is -0.449 e. The van der Waals surface area contributed by atoms with Gasteiger partial charge in [0.05, 0.1) is 19.8 Å². The molecule has 0 atom stereocenters. The van der Waals surface area contributed by atoms with Crippen LogP contribution >= 0.6 is 10.7 Å². The van der Waals surface area contributed by atoms with Gasteiger partial charge >= 0.3 is 15.3 Å². The molecule has 0 aromatic rings. The number of hydrogen-bond acceptors (Lipinski definition) is 6. The molecule has 0 unspecified atom stereocenters. The maximum Gasteiger partial charge on any atom is 0.421 e. The highest BCUT2D eigenvalue weighted by Gasteiger charge is 2.10. The number of nitrogens with one attached hydrogen (secondary N) is 1. The first-order chi connectivity index (χ1) is 7.45. The van der Waals surface area contributed by atoms with E-state index in [1.807, 2.05) is 0 Å². The van der Waals surface area contributed by atoms with Crippen molar-refractivity contribution >= 4 is 26.0 Å². The number of methoxy groups -OCH3 is 1. The Kier molecular flexibility index (Phi) is 8.26. The number of amides is 1. The summed E-state index contributed by atoms with van der Waals surface area (Å²) in [6.45, 7) is 1.39. The average Bonchev–Trinajstić information content (AvgIpc) is 2.13. The first-order valence-electron chi connectivity index (χ1n) is 4.41. The van der Waals surface area contributed by atoms with Gasteiger partial charge in [0, 0.05) is 30.8 Å². The molecule has 1 N–H and O–H groups in total. The van der Waals surface area contributed by atoms with Crippen molar-refractivity contribution in [1.29, 1.82) is 0 Å². The molecule has 0 aliphatic heterocycles. The second-order valence-electron chi connectivity index (χ2n) is 2.63. The summed E-state index contributed by atoms with van der Waals surface area (Å²) >= 11 is 0. The molecule has 0 aliphatic rings. The van der Waals surface area contributed by atoms with Crippen molar-refractivity contribution in [2.45, 2.75) is 6.42 Å². The van der Waals surface area contributed by atoms with Crippen molar-refractivity contribution in [3.8, 4) is 0 Å². The summed E-state index contributed by atoms with van der Waals surface area (Å²) in [7, 11) is 2.23. The average molecular weight is 276 g/mol. The quantitative estimate of drug-likeness (QED) is 0.504. The fourth-order valence-corrected chi connectivity index (χ4v) is 1.15. The van der Waals surface area contributed by atoms with Crippen LogP contribution in [0.5, 0.6) is 0 Å². The van der Waals surface area contributed by atoms with E-state index in [2.05, 4.69) is 4.74 Å². The van der Waals surface area contributed by atoms with E-state index in [9.17, 15) is 13.2 Å². The Hall–Kier alpha value is -0.570. The summed E-state index contributed by atoms with van der Waals surface area (Å²) in [4.78, 5) is 10.7. The number of halogens is 1. The molecule has 0 saturated carbocycles. The lowest BCUT2D eigenvalue weighted by Gasteiger charge is -2.05. The van der Waals surface area contributed by atoms with E-state index in [1.165, 1.54) is 4.72 Å². The summed E-state index contributed by atoms with van der Waals surface area (Å²) in [6, 6.07) is 0. The first-order valence-corrected chi connectivity index (χ1v) is 6.72. The van der Waals surface area contributed by atoms with Gasteiger partial charge < -0.3 is 14.2 Å². The van der Waals surface area contributed by atoms with E-state index in [-0.39, 0.29) is 6.61 Å². The van der Waals surface area contributed by atoms with Gasteiger partial charge in [0.2, 0.25) is 0 Å². The SMILES string of the molecule is COCCOCCCOC(=O)NS(=O)(=O)Cl. The molecule has 0 bridgehead atoms. The lowest BCUT2D eigenvalue weighted by molar-refractivity contribution is 0.0602. The van der Waals surface area contributed by atoms with Crippen molar-refractivity contribution in [2.24, 2.45) is 0 Å². The number of carbonyl (C=O) groups excluding carboxylic acids is 1. The number of hydrogen-bond donors (Lipinski definition) is 1. The zero-order valence-electron chi connectivity index (χ0n) is 8.77. The Morgan fingerprint density at radius 2 is 1.94 bits per heavy atom. The number of ether oxygens (including phenoxy) is 3. The highest BCUT2D eigenvalue weighted by Crippen LogP contribution is 1.92. The van der Waals surface area contributed by atoms with E-state index in [4.69, 9.17) is 20.2 Å². The summed E-state index contributed by atoms with van der Waals surface area (Å²) in [5.41, 5.74) is 0. The van der Waals surface area contributed by atoms with Gasteiger partial charge in [-0.1, -0.05) is 0 Å². The molecule has 0 aliphatic carbocycles. The van der Waals surface area contributed by atoms with Crippen molar-refractivity contribution in [1.82, 2.24) is 4.72 Å². The Bertz CT molecular complexity index is 293. The van der Waals surface area contributed by atoms with E-state index < -0.39 is 15.3 Å². The van der Waals surface area contributed by atoms with Crippen LogP contribution < -0.4 is 4.72 Å². The zero-order valence-corrected chi connectivity index (χ0v) is 10.3. The van der Waals surface area contributed by atoms with Crippen LogP contribution in [-0.2, 0) is 23.4 Å². The van der Waals surface area contributed by atoms with Crippen molar-refractivity contribution in [2.75, 3.05) is 33.5 Å². The van der Waals surface area contributed by atoms with Gasteiger partial charge in [-0.3, -0.25) is 0 Å². The molecule has 0 rings (SSSR count). The maximum absolute atomic E-state index is 10.7. The fourth-order valence-electron chi connectivity index (χ4n) is 0.699. The Morgan fingerprint density at radius 1 is 1.25 bits per heavy atom. The summed E-state index contributed by atoms with van der Waals surface area (Å²) in [5.74, 6) is 0. The van der Waals surface area contributed by atoms with Crippen LogP contribution in [0.25, 0.3) is 0 Å². The van der Waals surface area contributed by atoms with Crippen LogP contribution in [-0.4, -0.2) is 48.0 Å². The Balaban J connectivity index is 3.35. The topological polar surface area (TPSA) is 90.9 Å². The van der Waals surface area contributed by atoms with Crippen LogP contribution in [0.4, 0.5) is 4.79 Å². The van der Waals surface area contributed by atoms with Crippen LogP contribution in [0.2, 0.25) is 0 Å². The van der Waals surface area contributed by atoms with E-state index in [0.29, 0.717) is 26.2 Å². The fraction of sp³-hybridized carbons (Fsp3) is 0.857. The van der Waals surface area contributed by atoms with Crippen LogP contribution in [0.15, 0.2) is 0 Å². The molecule has 0 saturated heterocycles. The Labute approximate surface area is 98.5 Å². The Morgan fingerprint density at radius 3 is 2.50 bits per heavy atom. The first kappa shape index (κ1) is 15.4. The molecule has 96 valence electrons. The van der Waals surface area contributed by atoms with Gasteiger partial charge in [-0.25, -0.2) is 9.52 Å². The monoisotopic (exact) mass is 275 g/mol. The zero-order chi connectivity index (χ0) is 12.4. The molecule has 0 radical (unpaired) electrons. The molecule has 0 aromatic carbocycles. The highest BCUT2D eigenvalue weighted by molar-refractivity contribution is 8.12. The number of rotatable bonds is 8. The number of carbonyl (C=O) groups is 1. The minimum atomic E-state index is -4.08. The molecule has 1 amide bonds. The summed E-state index contributed by atoms with van der Waals surface area (Å²) in [6.07, 6.45) is -0.647. The van der Waals surface area contributed by atoms with Crippen molar-refractivity contribution in [3.63, 3.8) is 0 Å². The second kappa shape index (κ2) is 8.57. The third-order valence-corrected chi connectivity index (χ3v) is 1.95. The van der Waals surface area contributed by atoms with E-state index in [1.54, 1.807) is 7.11 Å². The lowest BCUT2D eigenvalue weighted by atomic mass is 10.5. The summed E-state index contributed by atoms with van der Waals surface area (Å²) in [5, 5.41) is 0. The smallest absolute Gasteiger partial charge is 0.421 e. The van der Waals surface area contributed by atoms with Gasteiger partial charge in [-0.05, 0) is 0 Å². The van der Waals surface area contributed by atoms with Crippen LogP contribution in [0.3, 0.4) is 0 Å². The van der Waals surface area contributed by atoms with Crippen LogP contribution in [0.1, 0.15) is 6.42 Å². The molecule has 9 heteroatoms. The second-order valence-corrected chi connectivity index (χ2v) is 4.93. The largest absolute Gasteiger partial charge is 0.449 e. The molecular weight excluding hydrogens is 262 g/mol. The van der Waals surface area contributed by atoms with Gasteiger partial charge in [-0.2, -0.15) is 8.42 Å². The predicted octanol–water partition coefficient (Wildman–Crippen LogP) is 0.249. The highest BCUT2D eigenvalue weighted by atomic mass is 35.7.